The second-order valence-corrected chi connectivity index (χ2v) is 7.30. The summed E-state index contributed by atoms with van der Waals surface area (Å²) in [5.41, 5.74) is 7.82. The van der Waals surface area contributed by atoms with E-state index in [4.69, 9.17) is 22.1 Å². The first kappa shape index (κ1) is 21.7. The van der Waals surface area contributed by atoms with Gasteiger partial charge in [0, 0.05) is 11.6 Å². The molecule has 2 rings (SSSR count). The zero-order valence-electron chi connectivity index (χ0n) is 16.8. The van der Waals surface area contributed by atoms with Gasteiger partial charge in [0.25, 0.3) is 5.91 Å². The number of ether oxygens (including phenoxy) is 1. The Labute approximate surface area is 170 Å². The van der Waals surface area contributed by atoms with Gasteiger partial charge >= 0.3 is 0 Å². The maximum atomic E-state index is 12.1. The zero-order valence-corrected chi connectivity index (χ0v) is 17.5. The first-order chi connectivity index (χ1) is 13.1. The number of benzene rings is 1. The van der Waals surface area contributed by atoms with Crippen LogP contribution >= 0.6 is 11.6 Å². The normalized spacial score (nSPS) is 12.1. The average molecular weight is 401 g/mol. The van der Waals surface area contributed by atoms with Crippen LogP contribution in [0.3, 0.4) is 0 Å². The first-order valence-corrected chi connectivity index (χ1v) is 9.37. The Morgan fingerprint density at radius 2 is 1.96 bits per heavy atom. The lowest BCUT2D eigenvalue weighted by molar-refractivity contribution is -0.126. The Hall–Kier alpha value is -2.62. The molecular formula is C21H25ClN4O2. The third-order valence-corrected chi connectivity index (χ3v) is 4.46. The fraction of sp³-hybridized carbons (Fsp3) is 0.381. The summed E-state index contributed by atoms with van der Waals surface area (Å²) in [4.78, 5) is 20.5. The number of carbonyl (C=O) groups is 1. The highest BCUT2D eigenvalue weighted by Gasteiger charge is 2.19. The number of hydrogen-bond donors (Lipinski definition) is 2. The van der Waals surface area contributed by atoms with Crippen molar-refractivity contribution in [2.24, 2.45) is 0 Å². The van der Waals surface area contributed by atoms with Gasteiger partial charge in [-0.15, -0.1) is 0 Å². The minimum atomic E-state index is -0.602. The van der Waals surface area contributed by atoms with E-state index in [0.717, 1.165) is 5.56 Å². The SMILES string of the molecule is CCOC(C)C(=O)Nc1nc(C)c(C#CC(C)(C)c2ccc(Cl)cc2)c(N)n1. The zero-order chi connectivity index (χ0) is 20.9. The number of rotatable bonds is 5. The standard InChI is InChI=1S/C21H25ClN4O2/c1-6-28-14(3)19(27)26-20-24-13(2)17(18(23)25-20)11-12-21(4,5)15-7-9-16(22)10-8-15/h7-10,14H,6H2,1-5H3,(H3,23,24,25,26,27). The lowest BCUT2D eigenvalue weighted by Crippen LogP contribution is -2.28. The summed E-state index contributed by atoms with van der Waals surface area (Å²) in [7, 11) is 0. The topological polar surface area (TPSA) is 90.1 Å². The number of nitrogens with one attached hydrogen (secondary N) is 1. The fourth-order valence-electron chi connectivity index (χ4n) is 2.50. The average Bonchev–Trinajstić information content (AvgIpc) is 2.61. The molecule has 0 saturated carbocycles. The highest BCUT2D eigenvalue weighted by atomic mass is 35.5. The third kappa shape index (κ3) is 5.44. The molecule has 1 heterocycles. The van der Waals surface area contributed by atoms with Crippen molar-refractivity contribution in [2.75, 3.05) is 17.7 Å². The van der Waals surface area contributed by atoms with E-state index in [9.17, 15) is 4.79 Å². The van der Waals surface area contributed by atoms with Crippen molar-refractivity contribution in [3.63, 3.8) is 0 Å². The number of halogens is 1. The minimum Gasteiger partial charge on any atom is -0.382 e. The first-order valence-electron chi connectivity index (χ1n) is 9.00. The molecule has 6 nitrogen and oxygen atoms in total. The molecule has 0 aliphatic heterocycles. The van der Waals surface area contributed by atoms with Gasteiger partial charge in [-0.05, 0) is 52.3 Å². The summed E-state index contributed by atoms with van der Waals surface area (Å²) >= 11 is 5.96. The predicted molar refractivity (Wildman–Crippen MR) is 112 cm³/mol. The molecule has 3 N–H and O–H groups in total. The van der Waals surface area contributed by atoms with Crippen LogP contribution in [0.25, 0.3) is 0 Å². The van der Waals surface area contributed by atoms with E-state index in [0.29, 0.717) is 22.9 Å². The summed E-state index contributed by atoms with van der Waals surface area (Å²) in [6, 6.07) is 7.57. The van der Waals surface area contributed by atoms with Gasteiger partial charge in [0.15, 0.2) is 0 Å². The molecule has 1 amide bonds. The largest absolute Gasteiger partial charge is 0.382 e. The number of anilines is 2. The number of aromatic nitrogens is 2. The van der Waals surface area contributed by atoms with E-state index in [-0.39, 0.29) is 17.7 Å². The second kappa shape index (κ2) is 9.05. The number of carbonyl (C=O) groups excluding carboxylic acids is 1. The summed E-state index contributed by atoms with van der Waals surface area (Å²) in [6.07, 6.45) is -0.602. The molecule has 0 radical (unpaired) electrons. The molecule has 1 unspecified atom stereocenters. The van der Waals surface area contributed by atoms with Crippen LogP contribution in [0.5, 0.6) is 0 Å². The summed E-state index contributed by atoms with van der Waals surface area (Å²) in [6.45, 7) is 9.72. The maximum Gasteiger partial charge on any atom is 0.255 e. The van der Waals surface area contributed by atoms with Gasteiger partial charge in [0.05, 0.1) is 16.7 Å². The molecule has 0 aliphatic rings. The van der Waals surface area contributed by atoms with Gasteiger partial charge in [-0.25, -0.2) is 4.98 Å². The van der Waals surface area contributed by atoms with E-state index in [2.05, 4.69) is 27.1 Å². The van der Waals surface area contributed by atoms with Crippen LogP contribution in [0.4, 0.5) is 11.8 Å². The Bertz CT molecular complexity index is 891. The van der Waals surface area contributed by atoms with Gasteiger partial charge in [0.2, 0.25) is 5.95 Å². The monoisotopic (exact) mass is 400 g/mol. The highest BCUT2D eigenvalue weighted by molar-refractivity contribution is 6.30. The smallest absolute Gasteiger partial charge is 0.255 e. The molecule has 0 spiro atoms. The van der Waals surface area contributed by atoms with Crippen molar-refractivity contribution in [1.82, 2.24) is 9.97 Å². The Balaban J connectivity index is 2.25. The van der Waals surface area contributed by atoms with Crippen molar-refractivity contribution in [3.8, 4) is 11.8 Å². The quantitative estimate of drug-likeness (QED) is 0.746. The van der Waals surface area contributed by atoms with E-state index < -0.39 is 11.5 Å². The van der Waals surface area contributed by atoms with Crippen LogP contribution in [0, 0.1) is 18.8 Å². The fourth-order valence-corrected chi connectivity index (χ4v) is 2.63. The number of amides is 1. The van der Waals surface area contributed by atoms with Gasteiger partial charge < -0.3 is 10.5 Å². The lowest BCUT2D eigenvalue weighted by Gasteiger charge is -2.18. The Morgan fingerprint density at radius 3 is 2.54 bits per heavy atom. The number of nitrogen functional groups attached to an aromatic ring is 1. The highest BCUT2D eigenvalue weighted by Crippen LogP contribution is 2.24. The van der Waals surface area contributed by atoms with Crippen LogP contribution in [-0.2, 0) is 14.9 Å². The molecule has 148 valence electrons. The number of aryl methyl sites for hydroxylation is 1. The van der Waals surface area contributed by atoms with E-state index >= 15 is 0 Å². The van der Waals surface area contributed by atoms with E-state index in [1.54, 1.807) is 13.8 Å². The molecule has 7 heteroatoms. The van der Waals surface area contributed by atoms with E-state index in [1.807, 2.05) is 45.0 Å². The van der Waals surface area contributed by atoms with Crippen molar-refractivity contribution in [2.45, 2.75) is 46.1 Å². The summed E-state index contributed by atoms with van der Waals surface area (Å²) in [5.74, 6) is 6.33. The van der Waals surface area contributed by atoms with Crippen molar-refractivity contribution in [1.29, 1.82) is 0 Å². The second-order valence-electron chi connectivity index (χ2n) is 6.86. The number of nitrogens with zero attached hydrogens (tertiary/aromatic N) is 2. The molecule has 0 bridgehead atoms. The van der Waals surface area contributed by atoms with E-state index in [1.165, 1.54) is 0 Å². The molecule has 0 fully saturated rings. The summed E-state index contributed by atoms with van der Waals surface area (Å²) < 4.78 is 5.26. The third-order valence-electron chi connectivity index (χ3n) is 4.20. The molecule has 2 aromatic rings. The minimum absolute atomic E-state index is 0.133. The van der Waals surface area contributed by atoms with Gasteiger partial charge in [-0.3, -0.25) is 10.1 Å². The van der Waals surface area contributed by atoms with Crippen LogP contribution in [0.2, 0.25) is 5.02 Å². The summed E-state index contributed by atoms with van der Waals surface area (Å²) in [5, 5.41) is 3.29. The molecule has 0 saturated heterocycles. The molecule has 1 aromatic carbocycles. The van der Waals surface area contributed by atoms with Crippen molar-refractivity contribution in [3.05, 3.63) is 46.1 Å². The molecule has 1 atom stereocenters. The van der Waals surface area contributed by atoms with Crippen molar-refractivity contribution >= 4 is 29.3 Å². The van der Waals surface area contributed by atoms with Crippen LogP contribution in [0.15, 0.2) is 24.3 Å². The Morgan fingerprint density at radius 1 is 1.32 bits per heavy atom. The van der Waals surface area contributed by atoms with Crippen LogP contribution in [-0.4, -0.2) is 28.6 Å². The van der Waals surface area contributed by atoms with Gasteiger partial charge in [-0.2, -0.15) is 4.98 Å². The van der Waals surface area contributed by atoms with Gasteiger partial charge in [0.1, 0.15) is 11.9 Å². The molecule has 1 aromatic heterocycles. The van der Waals surface area contributed by atoms with Crippen molar-refractivity contribution < 1.29 is 9.53 Å². The predicted octanol–water partition coefficient (Wildman–Crippen LogP) is 3.71. The van der Waals surface area contributed by atoms with Crippen LogP contribution < -0.4 is 11.1 Å². The number of nitrogens with two attached hydrogens (primary N) is 1. The molecule has 0 aliphatic carbocycles. The maximum absolute atomic E-state index is 12.1. The molecular weight excluding hydrogens is 376 g/mol. The number of hydrogen-bond acceptors (Lipinski definition) is 5. The molecule has 28 heavy (non-hydrogen) atoms. The lowest BCUT2D eigenvalue weighted by atomic mass is 9.85. The van der Waals surface area contributed by atoms with Gasteiger partial charge in [-0.1, -0.05) is 35.6 Å². The van der Waals surface area contributed by atoms with Crippen LogP contribution in [0.1, 0.15) is 44.5 Å². The Kier molecular flexibility index (Phi) is 7.00.